The maximum Gasteiger partial charge on any atom is 0.257 e. The Morgan fingerprint density at radius 2 is 2.05 bits per heavy atom. The molecule has 0 saturated heterocycles. The van der Waals surface area contributed by atoms with Gasteiger partial charge in [-0.1, -0.05) is 15.9 Å². The third-order valence-corrected chi connectivity index (χ3v) is 4.56. The first-order valence-electron chi connectivity index (χ1n) is 6.18. The van der Waals surface area contributed by atoms with E-state index in [1.54, 1.807) is 18.3 Å². The molecular weight excluding hydrogens is 374 g/mol. The Bertz CT molecular complexity index is 731. The highest BCUT2D eigenvalue weighted by atomic mass is 79.9. The van der Waals surface area contributed by atoms with E-state index >= 15 is 0 Å². The quantitative estimate of drug-likeness (QED) is 0.520. The van der Waals surface area contributed by atoms with E-state index in [1.165, 1.54) is 18.5 Å². The first-order valence-corrected chi connectivity index (χ1v) is 8.46. The number of benzene rings is 1. The molecule has 2 rings (SSSR count). The van der Waals surface area contributed by atoms with Crippen LogP contribution >= 0.6 is 15.9 Å². The highest BCUT2D eigenvalue weighted by Gasteiger charge is 2.19. The third-order valence-electron chi connectivity index (χ3n) is 2.76. The Labute approximate surface area is 135 Å². The van der Waals surface area contributed by atoms with Crippen LogP contribution in [0.1, 0.15) is 5.69 Å². The van der Waals surface area contributed by atoms with Crippen LogP contribution < -0.4 is 16.0 Å². The largest absolute Gasteiger partial charge is 0.348 e. The van der Waals surface area contributed by atoms with Gasteiger partial charge in [-0.3, -0.25) is 10.2 Å². The van der Waals surface area contributed by atoms with Gasteiger partial charge in [-0.25, -0.2) is 13.4 Å². The number of hydrogen-bond donors (Lipinski definition) is 4. The fourth-order valence-electron chi connectivity index (χ4n) is 1.61. The summed E-state index contributed by atoms with van der Waals surface area (Å²) in [6.07, 6.45) is 3.22. The van der Waals surface area contributed by atoms with Crippen molar-refractivity contribution in [2.45, 2.75) is 17.4 Å². The molecule has 8 nitrogen and oxygen atoms in total. The number of carbonyl (C=O) groups excluding carboxylic acids is 1. The molecule has 0 fully saturated rings. The highest BCUT2D eigenvalue weighted by Crippen LogP contribution is 2.13. The summed E-state index contributed by atoms with van der Waals surface area (Å²) in [7, 11) is -3.85. The summed E-state index contributed by atoms with van der Waals surface area (Å²) in [5.41, 5.74) is 8.47. The van der Waals surface area contributed by atoms with Crippen LogP contribution in [-0.4, -0.2) is 30.3 Å². The molecule has 0 spiro atoms. The number of carbonyl (C=O) groups is 1. The maximum atomic E-state index is 12.0. The van der Waals surface area contributed by atoms with Gasteiger partial charge in [-0.05, 0) is 24.3 Å². The minimum atomic E-state index is -3.85. The number of nitrogens with one attached hydrogen (secondary N) is 3. The van der Waals surface area contributed by atoms with E-state index in [4.69, 9.17) is 5.73 Å². The molecular formula is C12H14BrN5O3S. The van der Waals surface area contributed by atoms with Gasteiger partial charge in [0.1, 0.15) is 0 Å². The molecule has 0 aliphatic rings. The van der Waals surface area contributed by atoms with Gasteiger partial charge in [0.25, 0.3) is 15.9 Å². The summed E-state index contributed by atoms with van der Waals surface area (Å²) in [5.74, 6) is -0.643. The summed E-state index contributed by atoms with van der Waals surface area (Å²) < 4.78 is 24.7. The van der Waals surface area contributed by atoms with E-state index in [-0.39, 0.29) is 11.3 Å². The second-order valence-corrected chi connectivity index (χ2v) is 7.03. The normalized spacial score (nSPS) is 12.8. The van der Waals surface area contributed by atoms with Crippen LogP contribution in [0.15, 0.2) is 46.2 Å². The van der Waals surface area contributed by atoms with Crippen LogP contribution in [0.4, 0.5) is 0 Å². The van der Waals surface area contributed by atoms with Gasteiger partial charge in [0, 0.05) is 22.8 Å². The Kier molecular flexibility index (Phi) is 5.29. The number of rotatable bonds is 6. The number of aromatic nitrogens is 2. The first-order chi connectivity index (χ1) is 10.4. The molecule has 10 heteroatoms. The Hall–Kier alpha value is -1.75. The zero-order valence-electron chi connectivity index (χ0n) is 11.3. The summed E-state index contributed by atoms with van der Waals surface area (Å²) in [6.45, 7) is 0. The zero-order chi connectivity index (χ0) is 16.2. The predicted molar refractivity (Wildman–Crippen MR) is 82.9 cm³/mol. The fraction of sp³-hybridized carbons (Fsp3) is 0.167. The summed E-state index contributed by atoms with van der Waals surface area (Å²) in [4.78, 5) is 20.4. The molecule has 0 aliphatic heterocycles. The standard InChI is InChI=1S/C12H14BrN5O3S/c13-8-1-3-10(4-2-8)22(20,21)18-17-12(19)11(14)5-9-6-15-7-16-9/h1-4,6-7,11,18H,5,14H2,(H,15,16)(H,17,19)/t11-/m0/s1. The SMILES string of the molecule is N[C@@H](Cc1cnc[nH]1)C(=O)NNS(=O)(=O)c1ccc(Br)cc1. The van der Waals surface area contributed by atoms with E-state index in [2.05, 4.69) is 31.3 Å². The third kappa shape index (κ3) is 4.37. The Balaban J connectivity index is 1.93. The minimum Gasteiger partial charge on any atom is -0.348 e. The number of sulfonamides is 1. The molecule has 1 aromatic heterocycles. The summed E-state index contributed by atoms with van der Waals surface area (Å²) in [6, 6.07) is 5.07. The van der Waals surface area contributed by atoms with E-state index in [0.717, 1.165) is 4.47 Å². The highest BCUT2D eigenvalue weighted by molar-refractivity contribution is 9.10. The molecule has 1 amide bonds. The van der Waals surface area contributed by atoms with E-state index in [1.807, 2.05) is 4.83 Å². The van der Waals surface area contributed by atoms with Crippen molar-refractivity contribution < 1.29 is 13.2 Å². The lowest BCUT2D eigenvalue weighted by atomic mass is 10.2. The van der Waals surface area contributed by atoms with Crippen molar-refractivity contribution in [1.29, 1.82) is 0 Å². The monoisotopic (exact) mass is 387 g/mol. The predicted octanol–water partition coefficient (Wildman–Crippen LogP) is 0.0517. The van der Waals surface area contributed by atoms with Gasteiger partial charge < -0.3 is 10.7 Å². The molecule has 1 aromatic carbocycles. The van der Waals surface area contributed by atoms with Gasteiger partial charge in [-0.15, -0.1) is 4.83 Å². The van der Waals surface area contributed by atoms with Gasteiger partial charge in [0.15, 0.2) is 0 Å². The van der Waals surface area contributed by atoms with E-state index in [9.17, 15) is 13.2 Å². The number of aromatic amines is 1. The molecule has 0 bridgehead atoms. The van der Waals surface area contributed by atoms with E-state index < -0.39 is 22.0 Å². The van der Waals surface area contributed by atoms with Gasteiger partial charge >= 0.3 is 0 Å². The lowest BCUT2D eigenvalue weighted by Gasteiger charge is -2.12. The van der Waals surface area contributed by atoms with Crippen LogP contribution in [0.25, 0.3) is 0 Å². The molecule has 0 saturated carbocycles. The second-order valence-electron chi connectivity index (χ2n) is 4.44. The molecule has 0 radical (unpaired) electrons. The number of amides is 1. The van der Waals surface area contributed by atoms with Crippen LogP contribution in [0.5, 0.6) is 0 Å². The summed E-state index contributed by atoms with van der Waals surface area (Å²) >= 11 is 3.21. The number of imidazole rings is 1. The lowest BCUT2D eigenvalue weighted by molar-refractivity contribution is -0.122. The van der Waals surface area contributed by atoms with Crippen LogP contribution in [0.2, 0.25) is 0 Å². The van der Waals surface area contributed by atoms with Crippen LogP contribution in [0.3, 0.4) is 0 Å². The fourth-order valence-corrected chi connectivity index (χ4v) is 2.72. The molecule has 22 heavy (non-hydrogen) atoms. The molecule has 0 aliphatic carbocycles. The zero-order valence-corrected chi connectivity index (χ0v) is 13.7. The lowest BCUT2D eigenvalue weighted by Crippen LogP contribution is -2.49. The number of hydrazine groups is 1. The van der Waals surface area contributed by atoms with Crippen molar-refractivity contribution in [3.05, 3.63) is 47.0 Å². The number of H-pyrrole nitrogens is 1. The number of halogens is 1. The summed E-state index contributed by atoms with van der Waals surface area (Å²) in [5, 5.41) is 0. The van der Waals surface area contributed by atoms with Crippen LogP contribution in [0, 0.1) is 0 Å². The van der Waals surface area contributed by atoms with Crippen LogP contribution in [-0.2, 0) is 21.2 Å². The first kappa shape index (κ1) is 16.6. The average molecular weight is 388 g/mol. The van der Waals surface area contributed by atoms with Gasteiger partial charge in [-0.2, -0.15) is 0 Å². The maximum absolute atomic E-state index is 12.0. The average Bonchev–Trinajstić information content (AvgIpc) is 2.98. The Morgan fingerprint density at radius 3 is 2.64 bits per heavy atom. The molecule has 0 unspecified atom stereocenters. The van der Waals surface area contributed by atoms with Crippen molar-refractivity contribution >= 4 is 31.9 Å². The minimum absolute atomic E-state index is 0.0261. The second kappa shape index (κ2) is 7.01. The van der Waals surface area contributed by atoms with E-state index in [0.29, 0.717) is 5.69 Å². The molecule has 2 aromatic rings. The number of nitrogens with zero attached hydrogens (tertiary/aromatic N) is 1. The molecule has 1 heterocycles. The van der Waals surface area contributed by atoms with Crippen molar-refractivity contribution in [1.82, 2.24) is 20.2 Å². The van der Waals surface area contributed by atoms with Crippen molar-refractivity contribution in [3.8, 4) is 0 Å². The Morgan fingerprint density at radius 1 is 1.36 bits per heavy atom. The molecule has 118 valence electrons. The van der Waals surface area contributed by atoms with Gasteiger partial charge in [0.2, 0.25) is 0 Å². The molecule has 1 atom stereocenters. The topological polar surface area (TPSA) is 130 Å². The van der Waals surface area contributed by atoms with Crippen molar-refractivity contribution in [2.24, 2.45) is 5.73 Å². The van der Waals surface area contributed by atoms with Crippen molar-refractivity contribution in [3.63, 3.8) is 0 Å². The van der Waals surface area contributed by atoms with Gasteiger partial charge in [0.05, 0.1) is 17.3 Å². The van der Waals surface area contributed by atoms with Crippen molar-refractivity contribution in [2.75, 3.05) is 0 Å². The number of nitrogens with two attached hydrogens (primary N) is 1. The smallest absolute Gasteiger partial charge is 0.257 e. The molecule has 5 N–H and O–H groups in total. The number of hydrogen-bond acceptors (Lipinski definition) is 5.